The number of nitrogens with one attached hydrogen (secondary N) is 1. The molecule has 3 aliphatic rings. The third-order valence-corrected chi connectivity index (χ3v) is 5.29. The average molecular weight is 343 g/mol. The van der Waals surface area contributed by atoms with Crippen molar-refractivity contribution in [1.29, 1.82) is 0 Å². The van der Waals surface area contributed by atoms with Crippen LogP contribution in [0.15, 0.2) is 42.5 Å². The molecule has 2 bridgehead atoms. The highest BCUT2D eigenvalue weighted by Crippen LogP contribution is 2.54. The van der Waals surface area contributed by atoms with Crippen LogP contribution in [0.2, 0.25) is 0 Å². The van der Waals surface area contributed by atoms with Crippen molar-refractivity contribution in [1.82, 2.24) is 0 Å². The van der Waals surface area contributed by atoms with Gasteiger partial charge in [-0.1, -0.05) is 30.4 Å². The summed E-state index contributed by atoms with van der Waals surface area (Å²) in [5, 5.41) is 2.86. The van der Waals surface area contributed by atoms with Crippen molar-refractivity contribution in [3.05, 3.63) is 42.5 Å². The van der Waals surface area contributed by atoms with E-state index in [9.17, 15) is 14.4 Å². The van der Waals surface area contributed by atoms with E-state index < -0.39 is 29.2 Å². The quantitative estimate of drug-likeness (QED) is 0.669. The normalized spacial score (nSPS) is 29.8. The first kappa shape index (κ1) is 17.2. The van der Waals surface area contributed by atoms with E-state index in [0.717, 1.165) is 0 Å². The molecule has 0 aliphatic heterocycles. The summed E-state index contributed by atoms with van der Waals surface area (Å²) in [7, 11) is 2.56. The fraction of sp³-hybridized carbons (Fsp3) is 0.421. The van der Waals surface area contributed by atoms with Crippen molar-refractivity contribution in [2.75, 3.05) is 19.5 Å². The minimum atomic E-state index is -1.11. The Morgan fingerprint density at radius 2 is 1.76 bits per heavy atom. The van der Waals surface area contributed by atoms with E-state index in [-0.39, 0.29) is 11.8 Å². The number of rotatable bonds is 4. The number of para-hydroxylation sites is 1. The van der Waals surface area contributed by atoms with Gasteiger partial charge in [-0.3, -0.25) is 14.4 Å². The van der Waals surface area contributed by atoms with Crippen LogP contribution in [0.4, 0.5) is 5.69 Å². The van der Waals surface area contributed by atoms with Crippen LogP contribution in [0.1, 0.15) is 12.8 Å². The molecule has 6 heteroatoms. The zero-order chi connectivity index (χ0) is 18.0. The molecule has 1 aromatic carbocycles. The lowest BCUT2D eigenvalue weighted by Crippen LogP contribution is -2.57. The number of fused-ring (bicyclic) bond motifs is 2. The van der Waals surface area contributed by atoms with Crippen molar-refractivity contribution in [2.45, 2.75) is 12.8 Å². The molecule has 4 rings (SSSR count). The first-order valence-electron chi connectivity index (χ1n) is 8.25. The molecule has 3 aliphatic carbocycles. The van der Waals surface area contributed by atoms with E-state index in [4.69, 9.17) is 9.47 Å². The third-order valence-electron chi connectivity index (χ3n) is 5.29. The molecule has 0 spiro atoms. The fourth-order valence-corrected chi connectivity index (χ4v) is 4.04. The Bertz CT molecular complexity index is 714. The van der Waals surface area contributed by atoms with Gasteiger partial charge < -0.3 is 14.8 Å². The van der Waals surface area contributed by atoms with Crippen molar-refractivity contribution in [3.8, 4) is 0 Å². The van der Waals surface area contributed by atoms with E-state index in [0.29, 0.717) is 18.5 Å². The number of carbonyl (C=O) groups excluding carboxylic acids is 3. The van der Waals surface area contributed by atoms with Crippen LogP contribution in [0.3, 0.4) is 0 Å². The maximum absolute atomic E-state index is 13.1. The van der Waals surface area contributed by atoms with Crippen molar-refractivity contribution in [3.63, 3.8) is 0 Å². The first-order valence-corrected chi connectivity index (χ1v) is 8.25. The highest BCUT2D eigenvalue weighted by molar-refractivity contribution is 6.01. The molecule has 1 aromatic rings. The summed E-state index contributed by atoms with van der Waals surface area (Å²) >= 11 is 0. The van der Waals surface area contributed by atoms with Gasteiger partial charge in [0.15, 0.2) is 0 Å². The molecule has 4 atom stereocenters. The van der Waals surface area contributed by atoms with Crippen molar-refractivity contribution < 1.29 is 23.9 Å². The first-order chi connectivity index (χ1) is 12.0. The molecule has 0 saturated heterocycles. The van der Waals surface area contributed by atoms with Crippen LogP contribution >= 0.6 is 0 Å². The number of hydrogen-bond acceptors (Lipinski definition) is 5. The molecular formula is C19H21NO5. The van der Waals surface area contributed by atoms with E-state index in [1.165, 1.54) is 14.2 Å². The van der Waals surface area contributed by atoms with Gasteiger partial charge in [-0.05, 0) is 30.9 Å². The molecule has 1 fully saturated rings. The van der Waals surface area contributed by atoms with Gasteiger partial charge in [-0.15, -0.1) is 0 Å². The molecule has 1 amide bonds. The zero-order valence-corrected chi connectivity index (χ0v) is 14.2. The lowest BCUT2D eigenvalue weighted by atomic mass is 9.53. The minimum Gasteiger partial charge on any atom is -0.469 e. The monoisotopic (exact) mass is 343 g/mol. The SMILES string of the molecule is COC(=O)[C@H]1[C@H]2C=C[C@@](C(=O)Nc3ccccc3)(CC2)[C@H]1C(=O)OC. The number of amides is 1. The summed E-state index contributed by atoms with van der Waals surface area (Å²) in [5.41, 5.74) is -0.475. The lowest BCUT2D eigenvalue weighted by Gasteiger charge is -2.49. The van der Waals surface area contributed by atoms with Crippen LogP contribution in [0, 0.1) is 23.2 Å². The highest BCUT2D eigenvalue weighted by atomic mass is 16.5. The maximum atomic E-state index is 13.1. The maximum Gasteiger partial charge on any atom is 0.310 e. The second-order valence-electron chi connectivity index (χ2n) is 6.47. The van der Waals surface area contributed by atoms with E-state index >= 15 is 0 Å². The number of methoxy groups -OCH3 is 2. The van der Waals surface area contributed by atoms with Crippen LogP contribution in [0.5, 0.6) is 0 Å². The summed E-state index contributed by atoms with van der Waals surface area (Å²) in [6.07, 6.45) is 4.75. The molecular weight excluding hydrogens is 322 g/mol. The lowest BCUT2D eigenvalue weighted by molar-refractivity contribution is -0.171. The van der Waals surface area contributed by atoms with Crippen LogP contribution in [-0.4, -0.2) is 32.1 Å². The Morgan fingerprint density at radius 3 is 2.32 bits per heavy atom. The molecule has 0 aromatic heterocycles. The summed E-state index contributed by atoms with van der Waals surface area (Å²) in [5.74, 6) is -3.08. The average Bonchev–Trinajstić information content (AvgIpc) is 2.67. The molecule has 132 valence electrons. The predicted octanol–water partition coefficient (Wildman–Crippen LogP) is 2.17. The van der Waals surface area contributed by atoms with Crippen LogP contribution in [0.25, 0.3) is 0 Å². The number of benzene rings is 1. The Balaban J connectivity index is 1.99. The van der Waals surface area contributed by atoms with Gasteiger partial charge in [0.05, 0.1) is 31.5 Å². The number of allylic oxidation sites excluding steroid dienone is 1. The molecule has 6 nitrogen and oxygen atoms in total. The predicted molar refractivity (Wildman–Crippen MR) is 90.4 cm³/mol. The summed E-state index contributed by atoms with van der Waals surface area (Å²) in [4.78, 5) is 37.9. The number of anilines is 1. The van der Waals surface area contributed by atoms with Gasteiger partial charge in [0.1, 0.15) is 0 Å². The topological polar surface area (TPSA) is 81.7 Å². The van der Waals surface area contributed by atoms with E-state index in [1.54, 1.807) is 18.2 Å². The second kappa shape index (κ2) is 6.70. The molecule has 0 radical (unpaired) electrons. The van der Waals surface area contributed by atoms with Gasteiger partial charge in [-0.25, -0.2) is 0 Å². The van der Waals surface area contributed by atoms with Gasteiger partial charge in [-0.2, -0.15) is 0 Å². The van der Waals surface area contributed by atoms with Gasteiger partial charge in [0.2, 0.25) is 5.91 Å². The Hall–Kier alpha value is -2.63. The third kappa shape index (κ3) is 2.81. The number of esters is 2. The Labute approximate surface area is 146 Å². The van der Waals surface area contributed by atoms with E-state index in [1.807, 2.05) is 24.3 Å². The van der Waals surface area contributed by atoms with E-state index in [2.05, 4.69) is 5.32 Å². The van der Waals surface area contributed by atoms with Crippen LogP contribution < -0.4 is 5.32 Å². The Morgan fingerprint density at radius 1 is 1.08 bits per heavy atom. The molecule has 25 heavy (non-hydrogen) atoms. The Kier molecular flexibility index (Phi) is 4.61. The molecule has 0 unspecified atom stereocenters. The summed E-state index contributed by atoms with van der Waals surface area (Å²) in [6.45, 7) is 0. The number of hydrogen-bond donors (Lipinski definition) is 1. The molecule has 1 saturated carbocycles. The number of carbonyl (C=O) groups is 3. The van der Waals surface area contributed by atoms with Crippen LogP contribution in [-0.2, 0) is 23.9 Å². The molecule has 1 N–H and O–H groups in total. The number of ether oxygens (including phenoxy) is 2. The second-order valence-corrected chi connectivity index (χ2v) is 6.47. The minimum absolute atomic E-state index is 0.122. The summed E-state index contributed by atoms with van der Waals surface area (Å²) in [6, 6.07) is 9.03. The summed E-state index contributed by atoms with van der Waals surface area (Å²) < 4.78 is 9.83. The van der Waals surface area contributed by atoms with Gasteiger partial charge >= 0.3 is 11.9 Å². The zero-order valence-electron chi connectivity index (χ0n) is 14.2. The largest absolute Gasteiger partial charge is 0.469 e. The van der Waals surface area contributed by atoms with Gasteiger partial charge in [0.25, 0.3) is 0 Å². The fourth-order valence-electron chi connectivity index (χ4n) is 4.04. The molecule has 0 heterocycles. The van der Waals surface area contributed by atoms with Crippen molar-refractivity contribution >= 4 is 23.5 Å². The van der Waals surface area contributed by atoms with Gasteiger partial charge in [0, 0.05) is 5.69 Å². The van der Waals surface area contributed by atoms with Crippen molar-refractivity contribution in [2.24, 2.45) is 23.2 Å². The standard InChI is InChI=1S/C19H21NO5/c1-24-16(21)14-12-8-10-19(11-9-12,15(14)17(22)25-2)18(23)20-13-6-4-3-5-7-13/h3-8,10,12,14-15H,9,11H2,1-2H3,(H,20,23)/t12-,14-,15+,19+/m0/s1. The highest BCUT2D eigenvalue weighted by Gasteiger charge is 2.60. The smallest absolute Gasteiger partial charge is 0.310 e.